The van der Waals surface area contributed by atoms with Crippen LogP contribution >= 0.6 is 0 Å². The minimum atomic E-state index is -3.69. The number of benzene rings is 1. The lowest BCUT2D eigenvalue weighted by Crippen LogP contribution is -2.39. The van der Waals surface area contributed by atoms with Crippen LogP contribution in [0.25, 0.3) is 0 Å². The molecule has 1 aliphatic carbocycles. The van der Waals surface area contributed by atoms with E-state index in [4.69, 9.17) is 5.14 Å². The van der Waals surface area contributed by atoms with Gasteiger partial charge >= 0.3 is 0 Å². The van der Waals surface area contributed by atoms with Crippen molar-refractivity contribution < 1.29 is 8.42 Å². The fraction of sp³-hybridized carbons (Fsp3) is 0.600. The first kappa shape index (κ1) is 14.8. The molecule has 1 aliphatic heterocycles. The predicted molar refractivity (Wildman–Crippen MR) is 83.8 cm³/mol. The number of primary sulfonamides is 1. The maximum Gasteiger partial charge on any atom is 0.240 e. The van der Waals surface area contributed by atoms with Crippen LogP contribution in [0.2, 0.25) is 0 Å². The van der Waals surface area contributed by atoms with Gasteiger partial charge in [0.1, 0.15) is 4.90 Å². The quantitative estimate of drug-likeness (QED) is 0.830. The third-order valence-corrected chi connectivity index (χ3v) is 5.25. The predicted octanol–water partition coefficient (Wildman–Crippen LogP) is 1.30. The highest BCUT2D eigenvalue weighted by Crippen LogP contribution is 2.33. The van der Waals surface area contributed by atoms with Crippen LogP contribution in [0, 0.1) is 5.92 Å². The number of para-hydroxylation sites is 1. The Morgan fingerprint density at radius 1 is 1.19 bits per heavy atom. The lowest BCUT2D eigenvalue weighted by atomic mass is 10.2. The largest absolute Gasteiger partial charge is 0.369 e. The first-order valence-corrected chi connectivity index (χ1v) is 9.19. The third-order valence-electron chi connectivity index (χ3n) is 4.29. The molecule has 0 amide bonds. The molecule has 116 valence electrons. The van der Waals surface area contributed by atoms with E-state index < -0.39 is 10.0 Å². The van der Waals surface area contributed by atoms with Crippen molar-refractivity contribution >= 4 is 15.7 Å². The zero-order valence-corrected chi connectivity index (χ0v) is 13.0. The van der Waals surface area contributed by atoms with E-state index in [0.717, 1.165) is 31.7 Å². The van der Waals surface area contributed by atoms with Gasteiger partial charge in [-0.25, -0.2) is 13.6 Å². The molecule has 2 aliphatic rings. The van der Waals surface area contributed by atoms with E-state index in [9.17, 15) is 8.42 Å². The van der Waals surface area contributed by atoms with Gasteiger partial charge in [-0.1, -0.05) is 12.1 Å². The van der Waals surface area contributed by atoms with Gasteiger partial charge in [-0.05, 0) is 50.3 Å². The van der Waals surface area contributed by atoms with Gasteiger partial charge in [0.15, 0.2) is 0 Å². The van der Waals surface area contributed by atoms with Gasteiger partial charge in [-0.2, -0.15) is 0 Å². The highest BCUT2D eigenvalue weighted by molar-refractivity contribution is 7.89. The molecule has 0 bridgehead atoms. The summed E-state index contributed by atoms with van der Waals surface area (Å²) in [6.07, 6.45) is 4.83. The molecule has 1 saturated carbocycles. The number of nitrogens with zero attached hydrogens (tertiary/aromatic N) is 1. The summed E-state index contributed by atoms with van der Waals surface area (Å²) in [7, 11) is -3.69. The van der Waals surface area contributed by atoms with Gasteiger partial charge in [0.2, 0.25) is 10.0 Å². The van der Waals surface area contributed by atoms with E-state index in [0.29, 0.717) is 12.0 Å². The second kappa shape index (κ2) is 5.94. The van der Waals surface area contributed by atoms with Crippen molar-refractivity contribution in [3.05, 3.63) is 24.3 Å². The average molecular weight is 309 g/mol. The van der Waals surface area contributed by atoms with E-state index in [1.165, 1.54) is 19.3 Å². The molecule has 21 heavy (non-hydrogen) atoms. The lowest BCUT2D eigenvalue weighted by molar-refractivity contribution is 0.565. The summed E-state index contributed by atoms with van der Waals surface area (Å²) in [4.78, 5) is 2.45. The molecule has 0 aromatic heterocycles. The van der Waals surface area contributed by atoms with E-state index >= 15 is 0 Å². The van der Waals surface area contributed by atoms with Crippen LogP contribution in [0.15, 0.2) is 29.2 Å². The Morgan fingerprint density at radius 2 is 1.95 bits per heavy atom. The van der Waals surface area contributed by atoms with Gasteiger partial charge in [-0.15, -0.1) is 0 Å². The minimum absolute atomic E-state index is 0.239. The smallest absolute Gasteiger partial charge is 0.240 e. The van der Waals surface area contributed by atoms with Crippen LogP contribution in [-0.2, 0) is 10.0 Å². The topological polar surface area (TPSA) is 75.4 Å². The molecular weight excluding hydrogens is 286 g/mol. The molecule has 1 heterocycles. The second-order valence-corrected chi connectivity index (χ2v) is 7.68. The second-order valence-electron chi connectivity index (χ2n) is 6.15. The van der Waals surface area contributed by atoms with Crippen LogP contribution in [0.5, 0.6) is 0 Å². The van der Waals surface area contributed by atoms with Gasteiger partial charge in [0.25, 0.3) is 0 Å². The SMILES string of the molecule is NS(=O)(=O)c1ccccc1N(CC1CC1)CC1CCCN1. The van der Waals surface area contributed by atoms with Crippen molar-refractivity contribution in [3.63, 3.8) is 0 Å². The minimum Gasteiger partial charge on any atom is -0.369 e. The molecule has 1 aromatic rings. The van der Waals surface area contributed by atoms with Crippen LogP contribution in [0.3, 0.4) is 0 Å². The average Bonchev–Trinajstić information content (AvgIpc) is 3.11. The first-order valence-electron chi connectivity index (χ1n) is 7.64. The van der Waals surface area contributed by atoms with Gasteiger partial charge in [-0.3, -0.25) is 0 Å². The van der Waals surface area contributed by atoms with Gasteiger partial charge in [0, 0.05) is 19.1 Å². The Hall–Kier alpha value is -1.11. The fourth-order valence-electron chi connectivity index (χ4n) is 3.02. The summed E-state index contributed by atoms with van der Waals surface area (Å²) >= 11 is 0. The molecule has 5 nitrogen and oxygen atoms in total. The Kier molecular flexibility index (Phi) is 4.19. The molecule has 3 rings (SSSR count). The first-order chi connectivity index (χ1) is 10.0. The van der Waals surface area contributed by atoms with Crippen molar-refractivity contribution in [2.24, 2.45) is 11.1 Å². The standard InChI is InChI=1S/C15H23N3O2S/c16-21(19,20)15-6-2-1-5-14(15)18(10-12-7-8-12)11-13-4-3-9-17-13/h1-2,5-6,12-13,17H,3-4,7-11H2,(H2,16,19,20). The molecular formula is C15H23N3O2S. The van der Waals surface area contributed by atoms with Crippen molar-refractivity contribution in [3.8, 4) is 0 Å². The number of hydrogen-bond donors (Lipinski definition) is 2. The van der Waals surface area contributed by atoms with Gasteiger partial charge < -0.3 is 10.2 Å². The molecule has 0 spiro atoms. The molecule has 0 radical (unpaired) electrons. The number of nitrogens with one attached hydrogen (secondary N) is 1. The Morgan fingerprint density at radius 3 is 2.57 bits per heavy atom. The molecule has 1 unspecified atom stereocenters. The summed E-state index contributed by atoms with van der Waals surface area (Å²) < 4.78 is 23.7. The van der Waals surface area contributed by atoms with Crippen molar-refractivity contribution in [1.29, 1.82) is 0 Å². The van der Waals surface area contributed by atoms with Crippen LogP contribution in [-0.4, -0.2) is 34.1 Å². The maximum atomic E-state index is 11.8. The fourth-order valence-corrected chi connectivity index (χ4v) is 3.78. The zero-order valence-electron chi connectivity index (χ0n) is 12.2. The molecule has 1 aromatic carbocycles. The van der Waals surface area contributed by atoms with Crippen molar-refractivity contribution in [2.45, 2.75) is 36.6 Å². The monoisotopic (exact) mass is 309 g/mol. The van der Waals surface area contributed by atoms with Crippen LogP contribution in [0.1, 0.15) is 25.7 Å². The normalized spacial score (nSPS) is 22.4. The number of anilines is 1. The van der Waals surface area contributed by atoms with E-state index in [-0.39, 0.29) is 4.90 Å². The summed E-state index contributed by atoms with van der Waals surface area (Å²) in [5.41, 5.74) is 0.751. The summed E-state index contributed by atoms with van der Waals surface area (Å²) in [6.45, 7) is 2.83. The highest BCUT2D eigenvalue weighted by atomic mass is 32.2. The number of hydrogen-bond acceptors (Lipinski definition) is 4. The maximum absolute atomic E-state index is 11.8. The number of rotatable bonds is 6. The molecule has 6 heteroatoms. The van der Waals surface area contributed by atoms with Crippen LogP contribution in [0.4, 0.5) is 5.69 Å². The molecule has 2 fully saturated rings. The summed E-state index contributed by atoms with van der Waals surface area (Å²) in [5.74, 6) is 0.694. The molecule has 3 N–H and O–H groups in total. The number of nitrogens with two attached hydrogens (primary N) is 1. The Bertz CT molecular complexity index is 593. The molecule has 1 atom stereocenters. The molecule has 1 saturated heterocycles. The van der Waals surface area contributed by atoms with Crippen LogP contribution < -0.4 is 15.4 Å². The van der Waals surface area contributed by atoms with E-state index in [1.54, 1.807) is 12.1 Å². The number of sulfonamides is 1. The Balaban J connectivity index is 1.87. The summed E-state index contributed by atoms with van der Waals surface area (Å²) in [6, 6.07) is 7.53. The van der Waals surface area contributed by atoms with Crippen molar-refractivity contribution in [1.82, 2.24) is 5.32 Å². The van der Waals surface area contributed by atoms with E-state index in [2.05, 4.69) is 10.2 Å². The van der Waals surface area contributed by atoms with Gasteiger partial charge in [0.05, 0.1) is 5.69 Å². The lowest BCUT2D eigenvalue weighted by Gasteiger charge is -2.29. The zero-order chi connectivity index (χ0) is 14.9. The Labute approximate surface area is 126 Å². The van der Waals surface area contributed by atoms with Crippen molar-refractivity contribution in [2.75, 3.05) is 24.5 Å². The van der Waals surface area contributed by atoms with E-state index in [1.807, 2.05) is 12.1 Å². The highest BCUT2D eigenvalue weighted by Gasteiger charge is 2.29. The third kappa shape index (κ3) is 3.75. The summed E-state index contributed by atoms with van der Waals surface area (Å²) in [5, 5.41) is 8.87.